The van der Waals surface area contributed by atoms with Gasteiger partial charge in [-0.2, -0.15) is 5.10 Å². The van der Waals surface area contributed by atoms with Crippen LogP contribution in [0.25, 0.3) is 28.0 Å². The Hall–Kier alpha value is -3.25. The molecule has 0 amide bonds. The summed E-state index contributed by atoms with van der Waals surface area (Å²) in [6.07, 6.45) is 6.12. The quantitative estimate of drug-likeness (QED) is 0.328. The Morgan fingerprint density at radius 3 is 2.32 bits per heavy atom. The molecule has 0 aliphatic heterocycles. The average molecular weight is 478 g/mol. The van der Waals surface area contributed by atoms with Gasteiger partial charge in [-0.25, -0.2) is 9.50 Å². The summed E-state index contributed by atoms with van der Waals surface area (Å²) < 4.78 is 18.8. The van der Waals surface area contributed by atoms with Gasteiger partial charge in [0.1, 0.15) is 0 Å². The molecule has 0 bridgehead atoms. The maximum atomic E-state index is 6.13. The highest BCUT2D eigenvalue weighted by Gasteiger charge is 2.27. The lowest BCUT2D eigenvalue weighted by Crippen LogP contribution is -2.19. The Morgan fingerprint density at radius 1 is 1.00 bits per heavy atom. The van der Waals surface area contributed by atoms with E-state index in [0.717, 1.165) is 53.7 Å². The third kappa shape index (κ3) is 3.76. The van der Waals surface area contributed by atoms with Crippen LogP contribution in [0, 0.1) is 5.92 Å². The normalized spacial score (nSPS) is 15.3. The van der Waals surface area contributed by atoms with E-state index in [1.165, 1.54) is 11.3 Å². The van der Waals surface area contributed by atoms with Gasteiger partial charge in [0.25, 0.3) is 0 Å². The number of ether oxygens (including phenoxy) is 3. The van der Waals surface area contributed by atoms with Crippen LogP contribution in [0.2, 0.25) is 5.02 Å². The fourth-order valence-electron chi connectivity index (χ4n) is 4.93. The number of rotatable bonds is 6. The number of methoxy groups -OCH3 is 3. The van der Waals surface area contributed by atoms with E-state index in [1.807, 2.05) is 47.1 Å². The molecule has 4 aromatic rings. The second-order valence-electron chi connectivity index (χ2n) is 8.62. The molecule has 176 valence electrons. The third-order valence-corrected chi connectivity index (χ3v) is 7.06. The first-order valence-corrected chi connectivity index (χ1v) is 11.9. The molecule has 0 saturated heterocycles. The first kappa shape index (κ1) is 22.5. The van der Waals surface area contributed by atoms with E-state index in [4.69, 9.17) is 35.9 Å². The van der Waals surface area contributed by atoms with Gasteiger partial charge in [-0.1, -0.05) is 37.1 Å². The van der Waals surface area contributed by atoms with Gasteiger partial charge in [-0.05, 0) is 55.0 Å². The van der Waals surface area contributed by atoms with Crippen molar-refractivity contribution in [3.8, 4) is 39.6 Å². The molecule has 2 aromatic carbocycles. The fourth-order valence-corrected chi connectivity index (χ4v) is 5.05. The summed E-state index contributed by atoms with van der Waals surface area (Å²) in [5.74, 6) is 2.42. The Morgan fingerprint density at radius 2 is 1.71 bits per heavy atom. The minimum absolute atomic E-state index is 0.571. The number of benzene rings is 2. The second kappa shape index (κ2) is 9.18. The molecule has 1 aliphatic rings. The van der Waals surface area contributed by atoms with Crippen molar-refractivity contribution in [2.45, 2.75) is 32.6 Å². The predicted molar refractivity (Wildman–Crippen MR) is 134 cm³/mol. The summed E-state index contributed by atoms with van der Waals surface area (Å²) in [6, 6.07) is 11.8. The molecule has 0 radical (unpaired) electrons. The maximum Gasteiger partial charge on any atom is 0.203 e. The SMILES string of the molecule is CC[C@@H]1CCc2c(c(-c3cc(OC)c(OC)c(OC)c3)nc3c(-c4ccc(Cl)cc4)cnn23)C1. The van der Waals surface area contributed by atoms with E-state index >= 15 is 0 Å². The molecule has 1 aliphatic carbocycles. The van der Waals surface area contributed by atoms with E-state index in [-0.39, 0.29) is 0 Å². The van der Waals surface area contributed by atoms with E-state index < -0.39 is 0 Å². The van der Waals surface area contributed by atoms with Gasteiger partial charge in [0.2, 0.25) is 5.75 Å². The number of nitrogens with zero attached hydrogens (tertiary/aromatic N) is 3. The van der Waals surface area contributed by atoms with Crippen molar-refractivity contribution in [1.82, 2.24) is 14.6 Å². The first-order valence-electron chi connectivity index (χ1n) is 11.5. The van der Waals surface area contributed by atoms with E-state index in [2.05, 4.69) is 6.92 Å². The summed E-state index contributed by atoms with van der Waals surface area (Å²) in [5.41, 5.74) is 7.18. The van der Waals surface area contributed by atoms with Crippen molar-refractivity contribution in [2.75, 3.05) is 21.3 Å². The van der Waals surface area contributed by atoms with Crippen molar-refractivity contribution in [1.29, 1.82) is 0 Å². The Kier molecular flexibility index (Phi) is 6.09. The van der Waals surface area contributed by atoms with Gasteiger partial charge in [0.15, 0.2) is 17.1 Å². The minimum atomic E-state index is 0.571. The van der Waals surface area contributed by atoms with Gasteiger partial charge >= 0.3 is 0 Å². The summed E-state index contributed by atoms with van der Waals surface area (Å²) in [5, 5.41) is 5.47. The van der Waals surface area contributed by atoms with Crippen molar-refractivity contribution in [3.05, 3.63) is 58.9 Å². The topological polar surface area (TPSA) is 57.9 Å². The molecule has 34 heavy (non-hydrogen) atoms. The summed E-state index contributed by atoms with van der Waals surface area (Å²) in [4.78, 5) is 5.21. The van der Waals surface area contributed by atoms with Crippen LogP contribution >= 0.6 is 11.6 Å². The number of aryl methyl sites for hydroxylation is 1. The Bertz CT molecular complexity index is 1320. The molecule has 2 heterocycles. The van der Waals surface area contributed by atoms with Gasteiger partial charge in [0.05, 0.1) is 33.2 Å². The fraction of sp³-hybridized carbons (Fsp3) is 0.333. The molecule has 0 saturated carbocycles. The van der Waals surface area contributed by atoms with Gasteiger partial charge in [-0.3, -0.25) is 0 Å². The third-order valence-electron chi connectivity index (χ3n) is 6.80. The molecular formula is C27H28ClN3O3. The summed E-state index contributed by atoms with van der Waals surface area (Å²) >= 11 is 6.13. The molecule has 0 fully saturated rings. The minimum Gasteiger partial charge on any atom is -0.493 e. The van der Waals surface area contributed by atoms with E-state index in [0.29, 0.717) is 28.2 Å². The first-order chi connectivity index (χ1) is 16.6. The highest BCUT2D eigenvalue weighted by Crippen LogP contribution is 2.43. The lowest BCUT2D eigenvalue weighted by molar-refractivity contribution is 0.324. The highest BCUT2D eigenvalue weighted by molar-refractivity contribution is 6.30. The largest absolute Gasteiger partial charge is 0.493 e. The molecular weight excluding hydrogens is 450 g/mol. The lowest BCUT2D eigenvalue weighted by atomic mass is 9.83. The number of halogens is 1. The summed E-state index contributed by atoms with van der Waals surface area (Å²) in [6.45, 7) is 2.26. The highest BCUT2D eigenvalue weighted by atomic mass is 35.5. The van der Waals surface area contributed by atoms with Crippen molar-refractivity contribution in [3.63, 3.8) is 0 Å². The second-order valence-corrected chi connectivity index (χ2v) is 9.05. The van der Waals surface area contributed by atoms with Crippen LogP contribution in [-0.2, 0) is 12.8 Å². The smallest absolute Gasteiger partial charge is 0.203 e. The van der Waals surface area contributed by atoms with Crippen molar-refractivity contribution < 1.29 is 14.2 Å². The Labute approximate surface area is 204 Å². The lowest BCUT2D eigenvalue weighted by Gasteiger charge is -2.26. The molecule has 7 heteroatoms. The molecule has 0 unspecified atom stereocenters. The molecule has 6 nitrogen and oxygen atoms in total. The van der Waals surface area contributed by atoms with Gasteiger partial charge in [-0.15, -0.1) is 0 Å². The van der Waals surface area contributed by atoms with Crippen LogP contribution in [-0.4, -0.2) is 35.9 Å². The number of hydrogen-bond donors (Lipinski definition) is 0. The van der Waals surface area contributed by atoms with Crippen LogP contribution in [0.4, 0.5) is 0 Å². The van der Waals surface area contributed by atoms with Crippen LogP contribution in [0.5, 0.6) is 17.2 Å². The molecule has 0 spiro atoms. The number of hydrogen-bond acceptors (Lipinski definition) is 5. The van der Waals surface area contributed by atoms with E-state index in [9.17, 15) is 0 Å². The average Bonchev–Trinajstić information content (AvgIpc) is 3.31. The van der Waals surface area contributed by atoms with E-state index in [1.54, 1.807) is 21.3 Å². The zero-order valence-corrected chi connectivity index (χ0v) is 20.6. The zero-order chi connectivity index (χ0) is 23.8. The van der Waals surface area contributed by atoms with Crippen LogP contribution in [0.15, 0.2) is 42.6 Å². The summed E-state index contributed by atoms with van der Waals surface area (Å²) in [7, 11) is 4.88. The monoisotopic (exact) mass is 477 g/mol. The molecule has 1 atom stereocenters. The number of fused-ring (bicyclic) bond motifs is 3. The molecule has 2 aromatic heterocycles. The number of aromatic nitrogens is 3. The standard InChI is InChI=1S/C27H28ClN3O3/c1-5-16-6-11-22-20(12-16)25(18-13-23(32-2)26(34-4)24(14-18)33-3)30-27-21(15-29-31(22)27)17-7-9-19(28)10-8-17/h7-10,13-16H,5-6,11-12H2,1-4H3/t16-/m1/s1. The Balaban J connectivity index is 1.78. The molecule has 5 rings (SSSR count). The van der Waals surface area contributed by atoms with Crippen LogP contribution in [0.1, 0.15) is 31.0 Å². The maximum absolute atomic E-state index is 6.13. The van der Waals surface area contributed by atoms with Crippen molar-refractivity contribution in [2.24, 2.45) is 5.92 Å². The van der Waals surface area contributed by atoms with Crippen LogP contribution < -0.4 is 14.2 Å². The predicted octanol–water partition coefficient (Wildman–Crippen LogP) is 6.26. The van der Waals surface area contributed by atoms with Crippen LogP contribution in [0.3, 0.4) is 0 Å². The van der Waals surface area contributed by atoms with Gasteiger partial charge in [0, 0.05) is 27.4 Å². The van der Waals surface area contributed by atoms with Gasteiger partial charge < -0.3 is 14.2 Å². The molecule has 0 N–H and O–H groups in total. The van der Waals surface area contributed by atoms with Crippen molar-refractivity contribution >= 4 is 17.2 Å². The zero-order valence-electron chi connectivity index (χ0n) is 19.9.